The molecule has 0 aliphatic heterocycles. The van der Waals surface area contributed by atoms with Gasteiger partial charge in [0, 0.05) is 6.54 Å². The predicted molar refractivity (Wildman–Crippen MR) is 56.1 cm³/mol. The second-order valence-electron chi connectivity index (χ2n) is 2.79. The molecule has 0 aliphatic carbocycles. The Morgan fingerprint density at radius 2 is 1.93 bits per heavy atom. The Balaban J connectivity index is 3.15. The monoisotopic (exact) mass is 215 g/mol. The molecule has 5 nitrogen and oxygen atoms in total. The molecule has 0 aromatic heterocycles. The third-order valence-corrected chi connectivity index (χ3v) is 3.25. The molecule has 1 aromatic carbocycles. The largest absolute Gasteiger partial charge is 0.397 e. The molecule has 14 heavy (non-hydrogen) atoms. The molecule has 1 aromatic rings. The van der Waals surface area contributed by atoms with Gasteiger partial charge in [0.2, 0.25) is 10.0 Å². The number of hydrogen-bond acceptors (Lipinski definition) is 4. The summed E-state index contributed by atoms with van der Waals surface area (Å²) in [6, 6.07) is 4.23. The van der Waals surface area contributed by atoms with Gasteiger partial charge in [-0.15, -0.1) is 0 Å². The molecule has 1 rings (SSSR count). The smallest absolute Gasteiger partial charge is 0.240 e. The molecule has 0 amide bonds. The number of nitrogens with one attached hydrogen (secondary N) is 1. The highest BCUT2D eigenvalue weighted by Gasteiger charge is 2.12. The van der Waals surface area contributed by atoms with Crippen molar-refractivity contribution in [1.29, 1.82) is 0 Å². The van der Waals surface area contributed by atoms with Crippen molar-refractivity contribution in [3.63, 3.8) is 0 Å². The summed E-state index contributed by atoms with van der Waals surface area (Å²) in [5.41, 5.74) is 11.6. The van der Waals surface area contributed by atoms with Gasteiger partial charge in [0.05, 0.1) is 16.3 Å². The van der Waals surface area contributed by atoms with E-state index in [4.69, 9.17) is 11.5 Å². The van der Waals surface area contributed by atoms with Crippen molar-refractivity contribution in [2.75, 3.05) is 18.0 Å². The first-order valence-corrected chi connectivity index (χ1v) is 5.60. The highest BCUT2D eigenvalue weighted by molar-refractivity contribution is 7.89. The first-order valence-electron chi connectivity index (χ1n) is 4.12. The lowest BCUT2D eigenvalue weighted by Crippen LogP contribution is -2.23. The van der Waals surface area contributed by atoms with Crippen LogP contribution < -0.4 is 16.2 Å². The Hall–Kier alpha value is -1.27. The third kappa shape index (κ3) is 2.15. The molecule has 0 fully saturated rings. The molecule has 0 atom stereocenters. The lowest BCUT2D eigenvalue weighted by atomic mass is 10.3. The Bertz CT molecular complexity index is 428. The van der Waals surface area contributed by atoms with Crippen molar-refractivity contribution < 1.29 is 8.42 Å². The molecule has 0 bridgehead atoms. The Kier molecular flexibility index (Phi) is 2.97. The summed E-state index contributed by atoms with van der Waals surface area (Å²) in [5, 5.41) is 0. The van der Waals surface area contributed by atoms with Gasteiger partial charge in [-0.25, -0.2) is 13.1 Å². The Morgan fingerprint density at radius 1 is 1.29 bits per heavy atom. The van der Waals surface area contributed by atoms with Gasteiger partial charge < -0.3 is 11.5 Å². The third-order valence-electron chi connectivity index (χ3n) is 1.70. The Morgan fingerprint density at radius 3 is 2.43 bits per heavy atom. The highest BCUT2D eigenvalue weighted by Crippen LogP contribution is 2.19. The summed E-state index contributed by atoms with van der Waals surface area (Å²) in [4.78, 5) is 0.131. The minimum absolute atomic E-state index is 0.131. The maximum Gasteiger partial charge on any atom is 0.240 e. The van der Waals surface area contributed by atoms with Gasteiger partial charge in [-0.3, -0.25) is 0 Å². The summed E-state index contributed by atoms with van der Waals surface area (Å²) in [6.45, 7) is 2.05. The summed E-state index contributed by atoms with van der Waals surface area (Å²) in [5.74, 6) is 0. The van der Waals surface area contributed by atoms with Crippen molar-refractivity contribution in [2.45, 2.75) is 11.8 Å². The lowest BCUT2D eigenvalue weighted by Gasteiger charge is -2.06. The van der Waals surface area contributed by atoms with Crippen LogP contribution >= 0.6 is 0 Å². The van der Waals surface area contributed by atoms with Crippen LogP contribution in [-0.4, -0.2) is 15.0 Å². The fourth-order valence-corrected chi connectivity index (χ4v) is 2.07. The van der Waals surface area contributed by atoms with E-state index in [-0.39, 0.29) is 10.6 Å². The first-order chi connectivity index (χ1) is 6.47. The van der Waals surface area contributed by atoms with Crippen molar-refractivity contribution >= 4 is 21.4 Å². The van der Waals surface area contributed by atoms with Gasteiger partial charge in [0.15, 0.2) is 0 Å². The maximum atomic E-state index is 11.5. The van der Waals surface area contributed by atoms with Crippen molar-refractivity contribution in [2.24, 2.45) is 0 Å². The van der Waals surface area contributed by atoms with E-state index in [9.17, 15) is 8.42 Å². The van der Waals surface area contributed by atoms with E-state index < -0.39 is 10.0 Å². The van der Waals surface area contributed by atoms with Gasteiger partial charge in [-0.05, 0) is 18.2 Å². The summed E-state index contributed by atoms with van der Waals surface area (Å²) >= 11 is 0. The standard InChI is InChI=1S/C8H13N3O2S/c1-2-11-14(12,13)6-3-4-7(9)8(10)5-6/h3-5,11H,2,9-10H2,1H3. The van der Waals surface area contributed by atoms with Gasteiger partial charge in [-0.1, -0.05) is 6.92 Å². The maximum absolute atomic E-state index is 11.5. The first kappa shape index (κ1) is 10.8. The summed E-state index contributed by atoms with van der Waals surface area (Å²) in [6.07, 6.45) is 0. The predicted octanol–water partition coefficient (Wildman–Crippen LogP) is 0.149. The summed E-state index contributed by atoms with van der Waals surface area (Å²) in [7, 11) is -3.44. The van der Waals surface area contributed by atoms with E-state index in [1.54, 1.807) is 6.92 Å². The number of benzene rings is 1. The molecule has 0 unspecified atom stereocenters. The lowest BCUT2D eigenvalue weighted by molar-refractivity contribution is 0.584. The minimum atomic E-state index is -3.44. The fourth-order valence-electron chi connectivity index (χ4n) is 0.993. The van der Waals surface area contributed by atoms with Gasteiger partial charge in [0.1, 0.15) is 0 Å². The number of anilines is 2. The number of nitrogen functional groups attached to an aromatic ring is 2. The second kappa shape index (κ2) is 3.85. The quantitative estimate of drug-likeness (QED) is 0.625. The molecule has 78 valence electrons. The number of sulfonamides is 1. The van der Waals surface area contributed by atoms with Crippen molar-refractivity contribution in [3.8, 4) is 0 Å². The van der Waals surface area contributed by atoms with Crippen LogP contribution in [0.4, 0.5) is 11.4 Å². The van der Waals surface area contributed by atoms with E-state index in [0.717, 1.165) is 0 Å². The zero-order chi connectivity index (χ0) is 10.8. The minimum Gasteiger partial charge on any atom is -0.397 e. The molecule has 0 aliphatic rings. The normalized spacial score (nSPS) is 11.5. The van der Waals surface area contributed by atoms with E-state index in [1.807, 2.05) is 0 Å². The van der Waals surface area contributed by atoms with Crippen LogP contribution in [0.15, 0.2) is 23.1 Å². The van der Waals surface area contributed by atoms with Crippen LogP contribution in [0.1, 0.15) is 6.92 Å². The molecular weight excluding hydrogens is 202 g/mol. The van der Waals surface area contributed by atoms with Crippen LogP contribution in [-0.2, 0) is 10.0 Å². The number of nitrogens with two attached hydrogens (primary N) is 2. The van der Waals surface area contributed by atoms with Crippen molar-refractivity contribution in [3.05, 3.63) is 18.2 Å². The highest BCUT2D eigenvalue weighted by atomic mass is 32.2. The van der Waals surface area contributed by atoms with Crippen LogP contribution in [0, 0.1) is 0 Å². The van der Waals surface area contributed by atoms with E-state index in [0.29, 0.717) is 12.2 Å². The molecule has 5 N–H and O–H groups in total. The zero-order valence-corrected chi connectivity index (χ0v) is 8.64. The molecule has 0 saturated heterocycles. The van der Waals surface area contributed by atoms with Gasteiger partial charge in [-0.2, -0.15) is 0 Å². The molecule has 0 radical (unpaired) electrons. The van der Waals surface area contributed by atoms with E-state index in [2.05, 4.69) is 4.72 Å². The molecule has 0 saturated carbocycles. The summed E-state index contributed by atoms with van der Waals surface area (Å²) < 4.78 is 25.3. The van der Waals surface area contributed by atoms with Crippen LogP contribution in [0.25, 0.3) is 0 Å². The van der Waals surface area contributed by atoms with Gasteiger partial charge >= 0.3 is 0 Å². The zero-order valence-electron chi connectivity index (χ0n) is 7.82. The fraction of sp³-hybridized carbons (Fsp3) is 0.250. The van der Waals surface area contributed by atoms with E-state index >= 15 is 0 Å². The van der Waals surface area contributed by atoms with Crippen LogP contribution in [0.3, 0.4) is 0 Å². The molecule has 0 spiro atoms. The molecule has 0 heterocycles. The Labute approximate surface area is 83.2 Å². The van der Waals surface area contributed by atoms with Crippen LogP contribution in [0.5, 0.6) is 0 Å². The van der Waals surface area contributed by atoms with E-state index in [1.165, 1.54) is 18.2 Å². The average molecular weight is 215 g/mol. The number of hydrogen-bond donors (Lipinski definition) is 3. The molecular formula is C8H13N3O2S. The molecule has 6 heteroatoms. The van der Waals surface area contributed by atoms with Crippen molar-refractivity contribution in [1.82, 2.24) is 4.72 Å². The topological polar surface area (TPSA) is 98.2 Å². The number of rotatable bonds is 3. The van der Waals surface area contributed by atoms with Gasteiger partial charge in [0.25, 0.3) is 0 Å². The SMILES string of the molecule is CCNS(=O)(=O)c1ccc(N)c(N)c1. The average Bonchev–Trinajstić information content (AvgIpc) is 2.09. The second-order valence-corrected chi connectivity index (χ2v) is 4.56. The van der Waals surface area contributed by atoms with Crippen LogP contribution in [0.2, 0.25) is 0 Å².